The van der Waals surface area contributed by atoms with E-state index < -0.39 is 5.41 Å². The summed E-state index contributed by atoms with van der Waals surface area (Å²) in [6.45, 7) is 5.48. The second-order valence-corrected chi connectivity index (χ2v) is 7.74. The maximum atomic E-state index is 13.0. The molecule has 0 saturated carbocycles. The van der Waals surface area contributed by atoms with Crippen LogP contribution in [0.4, 0.5) is 0 Å². The van der Waals surface area contributed by atoms with Crippen molar-refractivity contribution in [1.29, 1.82) is 0 Å². The van der Waals surface area contributed by atoms with Crippen LogP contribution in [0.25, 0.3) is 0 Å². The Hall–Kier alpha value is -2.82. The molecule has 1 N–H and O–H groups in total. The Morgan fingerprint density at radius 1 is 1.14 bits per heavy atom. The lowest BCUT2D eigenvalue weighted by Crippen LogP contribution is -2.51. The van der Waals surface area contributed by atoms with Gasteiger partial charge in [-0.15, -0.1) is 0 Å². The maximum absolute atomic E-state index is 13.0. The zero-order chi connectivity index (χ0) is 20.1. The van der Waals surface area contributed by atoms with Crippen LogP contribution >= 0.6 is 0 Å². The molecule has 3 rings (SSSR count). The molecule has 0 aromatic heterocycles. The van der Waals surface area contributed by atoms with Crippen LogP contribution in [0.1, 0.15) is 41.3 Å². The zero-order valence-corrected chi connectivity index (χ0v) is 16.8. The summed E-state index contributed by atoms with van der Waals surface area (Å²) in [5.74, 6) is 0.789. The van der Waals surface area contributed by atoms with Crippen molar-refractivity contribution in [2.75, 3.05) is 20.2 Å². The van der Waals surface area contributed by atoms with Crippen LogP contribution in [0.15, 0.2) is 48.5 Å². The number of methoxy groups -OCH3 is 1. The van der Waals surface area contributed by atoms with E-state index in [1.807, 2.05) is 67.3 Å². The van der Waals surface area contributed by atoms with E-state index in [1.54, 1.807) is 7.11 Å². The van der Waals surface area contributed by atoms with Crippen molar-refractivity contribution in [3.8, 4) is 5.75 Å². The average molecular weight is 380 g/mol. The van der Waals surface area contributed by atoms with E-state index in [0.29, 0.717) is 25.2 Å². The summed E-state index contributed by atoms with van der Waals surface area (Å²) in [7, 11) is 1.63. The Labute approximate surface area is 166 Å². The van der Waals surface area contributed by atoms with Gasteiger partial charge in [0.2, 0.25) is 5.91 Å². The Balaban J connectivity index is 1.64. The molecule has 0 aliphatic carbocycles. The third kappa shape index (κ3) is 4.35. The van der Waals surface area contributed by atoms with Gasteiger partial charge < -0.3 is 15.0 Å². The summed E-state index contributed by atoms with van der Waals surface area (Å²) in [4.78, 5) is 27.7. The van der Waals surface area contributed by atoms with Crippen LogP contribution in [-0.4, -0.2) is 36.9 Å². The third-order valence-corrected chi connectivity index (χ3v) is 5.52. The fourth-order valence-electron chi connectivity index (χ4n) is 3.72. The number of carbonyl (C=O) groups is 2. The van der Waals surface area contributed by atoms with Gasteiger partial charge in [0.15, 0.2) is 0 Å². The topological polar surface area (TPSA) is 58.6 Å². The highest BCUT2D eigenvalue weighted by Gasteiger charge is 2.39. The van der Waals surface area contributed by atoms with Gasteiger partial charge in [0.1, 0.15) is 5.75 Å². The SMILES string of the molecule is COc1ccc(CNC(=O)[C@]2(C)CCCN(C(=O)c3ccccc3C)C2)cc1. The normalized spacial score (nSPS) is 19.2. The molecule has 1 atom stereocenters. The molecule has 1 saturated heterocycles. The predicted molar refractivity (Wildman–Crippen MR) is 109 cm³/mol. The van der Waals surface area contributed by atoms with Crippen molar-refractivity contribution in [3.63, 3.8) is 0 Å². The molecule has 0 bridgehead atoms. The Morgan fingerprint density at radius 3 is 2.54 bits per heavy atom. The van der Waals surface area contributed by atoms with Crippen molar-refractivity contribution in [2.24, 2.45) is 5.41 Å². The van der Waals surface area contributed by atoms with Crippen molar-refractivity contribution in [3.05, 3.63) is 65.2 Å². The van der Waals surface area contributed by atoms with Crippen LogP contribution in [-0.2, 0) is 11.3 Å². The molecule has 5 nitrogen and oxygen atoms in total. The first-order chi connectivity index (χ1) is 13.4. The Kier molecular flexibility index (Phi) is 6.02. The number of carbonyl (C=O) groups excluding carboxylic acids is 2. The fraction of sp³-hybridized carbons (Fsp3) is 0.391. The minimum absolute atomic E-state index is 0.00646. The number of aryl methyl sites for hydroxylation is 1. The van der Waals surface area contributed by atoms with Gasteiger partial charge >= 0.3 is 0 Å². The number of rotatable bonds is 5. The Morgan fingerprint density at radius 2 is 1.86 bits per heavy atom. The third-order valence-electron chi connectivity index (χ3n) is 5.52. The molecule has 28 heavy (non-hydrogen) atoms. The first kappa shape index (κ1) is 19.9. The second kappa shape index (κ2) is 8.46. The number of ether oxygens (including phenoxy) is 1. The highest BCUT2D eigenvalue weighted by atomic mass is 16.5. The predicted octanol–water partition coefficient (Wildman–Crippen LogP) is 3.56. The number of hydrogen-bond donors (Lipinski definition) is 1. The molecule has 0 spiro atoms. The minimum Gasteiger partial charge on any atom is -0.497 e. The van der Waals surface area contributed by atoms with Gasteiger partial charge in [0, 0.05) is 25.2 Å². The lowest BCUT2D eigenvalue weighted by molar-refractivity contribution is -0.132. The molecule has 0 radical (unpaired) electrons. The van der Waals surface area contributed by atoms with E-state index in [-0.39, 0.29) is 11.8 Å². The first-order valence-corrected chi connectivity index (χ1v) is 9.69. The largest absolute Gasteiger partial charge is 0.497 e. The van der Waals surface area contributed by atoms with Gasteiger partial charge in [-0.05, 0) is 56.0 Å². The van der Waals surface area contributed by atoms with E-state index in [9.17, 15) is 9.59 Å². The molecule has 0 unspecified atom stereocenters. The molecule has 1 aliphatic rings. The van der Waals surface area contributed by atoms with Gasteiger partial charge in [-0.2, -0.15) is 0 Å². The number of nitrogens with zero attached hydrogens (tertiary/aromatic N) is 1. The highest BCUT2D eigenvalue weighted by Crippen LogP contribution is 2.31. The summed E-state index contributed by atoms with van der Waals surface area (Å²) >= 11 is 0. The molecule has 1 heterocycles. The fourth-order valence-corrected chi connectivity index (χ4v) is 3.72. The molecule has 5 heteroatoms. The summed E-state index contributed by atoms with van der Waals surface area (Å²) in [5, 5.41) is 3.04. The molecule has 2 aromatic carbocycles. The van der Waals surface area contributed by atoms with Crippen LogP contribution in [0, 0.1) is 12.3 Å². The molecular weight excluding hydrogens is 352 g/mol. The van der Waals surface area contributed by atoms with Crippen LogP contribution in [0.5, 0.6) is 5.75 Å². The molecular formula is C23H28N2O3. The van der Waals surface area contributed by atoms with Crippen LogP contribution in [0.2, 0.25) is 0 Å². The van der Waals surface area contributed by atoms with Crippen molar-refractivity contribution in [2.45, 2.75) is 33.2 Å². The summed E-state index contributed by atoms with van der Waals surface area (Å²) < 4.78 is 5.16. The summed E-state index contributed by atoms with van der Waals surface area (Å²) in [5.41, 5.74) is 2.11. The summed E-state index contributed by atoms with van der Waals surface area (Å²) in [6.07, 6.45) is 1.60. The average Bonchev–Trinajstić information content (AvgIpc) is 2.72. The monoisotopic (exact) mass is 380 g/mol. The lowest BCUT2D eigenvalue weighted by Gasteiger charge is -2.39. The number of hydrogen-bond acceptors (Lipinski definition) is 3. The van der Waals surface area contributed by atoms with E-state index in [1.165, 1.54) is 0 Å². The quantitative estimate of drug-likeness (QED) is 0.863. The number of amides is 2. The van der Waals surface area contributed by atoms with Gasteiger partial charge in [-0.3, -0.25) is 9.59 Å². The first-order valence-electron chi connectivity index (χ1n) is 9.69. The van der Waals surface area contributed by atoms with Crippen molar-refractivity contribution in [1.82, 2.24) is 10.2 Å². The van der Waals surface area contributed by atoms with Crippen LogP contribution < -0.4 is 10.1 Å². The van der Waals surface area contributed by atoms with Gasteiger partial charge in [0.25, 0.3) is 5.91 Å². The summed E-state index contributed by atoms with van der Waals surface area (Å²) in [6, 6.07) is 15.3. The van der Waals surface area contributed by atoms with E-state index in [0.717, 1.165) is 29.7 Å². The van der Waals surface area contributed by atoms with E-state index >= 15 is 0 Å². The van der Waals surface area contributed by atoms with E-state index in [4.69, 9.17) is 4.74 Å². The standard InChI is InChI=1S/C23H28N2O3/c1-17-7-4-5-8-20(17)21(26)25-14-6-13-23(2,16-25)22(27)24-15-18-9-11-19(28-3)12-10-18/h4-5,7-12H,6,13-16H2,1-3H3,(H,24,27)/t23-/m1/s1. The van der Waals surface area contributed by atoms with Gasteiger partial charge in [-0.25, -0.2) is 0 Å². The van der Waals surface area contributed by atoms with E-state index in [2.05, 4.69) is 5.32 Å². The maximum Gasteiger partial charge on any atom is 0.254 e. The van der Waals surface area contributed by atoms with Crippen molar-refractivity contribution < 1.29 is 14.3 Å². The smallest absolute Gasteiger partial charge is 0.254 e. The number of nitrogens with one attached hydrogen (secondary N) is 1. The molecule has 2 aromatic rings. The number of benzene rings is 2. The minimum atomic E-state index is -0.580. The zero-order valence-electron chi connectivity index (χ0n) is 16.8. The number of piperidine rings is 1. The van der Waals surface area contributed by atoms with Crippen LogP contribution in [0.3, 0.4) is 0 Å². The molecule has 1 aliphatic heterocycles. The highest BCUT2D eigenvalue weighted by molar-refractivity contribution is 5.96. The Bertz CT molecular complexity index is 847. The lowest BCUT2D eigenvalue weighted by atomic mass is 9.80. The van der Waals surface area contributed by atoms with Gasteiger partial charge in [-0.1, -0.05) is 30.3 Å². The van der Waals surface area contributed by atoms with Crippen molar-refractivity contribution >= 4 is 11.8 Å². The number of likely N-dealkylation sites (tertiary alicyclic amines) is 1. The molecule has 1 fully saturated rings. The molecule has 2 amide bonds. The van der Waals surface area contributed by atoms with Gasteiger partial charge in [0.05, 0.1) is 12.5 Å². The molecule has 148 valence electrons. The second-order valence-electron chi connectivity index (χ2n) is 7.74.